The second kappa shape index (κ2) is 9.16. The quantitative estimate of drug-likeness (QED) is 0.260. The Labute approximate surface area is 208 Å². The molecule has 0 spiro atoms. The predicted molar refractivity (Wildman–Crippen MR) is 129 cm³/mol. The second-order valence-electron chi connectivity index (χ2n) is 8.54. The molecule has 0 saturated carbocycles. The maximum atomic E-state index is 16.2. The minimum Gasteiger partial charge on any atom is -0.324 e. The number of halogens is 4. The number of hydrogen-bond donors (Lipinski definition) is 1. The largest absolute Gasteiger partial charge is 0.416 e. The summed E-state index contributed by atoms with van der Waals surface area (Å²) in [5.41, 5.74) is -0.855. The number of imide groups is 1. The molecule has 1 heterocycles. The molecular formula is C28H18F4N2O3. The summed E-state index contributed by atoms with van der Waals surface area (Å²) >= 11 is 0. The molecule has 5 rings (SSSR count). The molecule has 186 valence electrons. The van der Waals surface area contributed by atoms with E-state index < -0.39 is 41.7 Å². The lowest BCUT2D eigenvalue weighted by atomic mass is 9.98. The van der Waals surface area contributed by atoms with Gasteiger partial charge in [0.2, 0.25) is 0 Å². The Morgan fingerprint density at radius 2 is 1.32 bits per heavy atom. The lowest BCUT2D eigenvalue weighted by Crippen LogP contribution is -2.49. The van der Waals surface area contributed by atoms with E-state index in [4.69, 9.17) is 0 Å². The lowest BCUT2D eigenvalue weighted by Gasteiger charge is -2.28. The average molecular weight is 506 g/mol. The maximum absolute atomic E-state index is 16.2. The number of hydrogen-bond acceptors (Lipinski definition) is 3. The van der Waals surface area contributed by atoms with Gasteiger partial charge in [-0.15, -0.1) is 0 Å². The molecule has 1 aliphatic rings. The van der Waals surface area contributed by atoms with Crippen LogP contribution in [0.4, 0.5) is 23.2 Å². The van der Waals surface area contributed by atoms with Crippen molar-refractivity contribution in [2.75, 3.05) is 5.32 Å². The first-order valence-corrected chi connectivity index (χ1v) is 11.2. The highest BCUT2D eigenvalue weighted by Gasteiger charge is 2.47. The van der Waals surface area contributed by atoms with Gasteiger partial charge in [-0.2, -0.15) is 13.2 Å². The topological polar surface area (TPSA) is 66.5 Å². The van der Waals surface area contributed by atoms with Crippen LogP contribution in [0.3, 0.4) is 0 Å². The molecule has 1 aliphatic heterocycles. The van der Waals surface area contributed by atoms with Crippen molar-refractivity contribution < 1.29 is 31.9 Å². The van der Waals surface area contributed by atoms with E-state index >= 15 is 4.39 Å². The molecule has 5 nitrogen and oxygen atoms in total. The summed E-state index contributed by atoms with van der Waals surface area (Å²) in [4.78, 5) is 40.2. The monoisotopic (exact) mass is 506 g/mol. The Morgan fingerprint density at radius 1 is 0.757 bits per heavy atom. The summed E-state index contributed by atoms with van der Waals surface area (Å²) < 4.78 is 54.9. The lowest BCUT2D eigenvalue weighted by molar-refractivity contribution is -0.137. The van der Waals surface area contributed by atoms with Crippen LogP contribution in [0.2, 0.25) is 0 Å². The second-order valence-corrected chi connectivity index (χ2v) is 8.54. The van der Waals surface area contributed by atoms with Gasteiger partial charge in [0.15, 0.2) is 12.2 Å². The first kappa shape index (κ1) is 24.2. The van der Waals surface area contributed by atoms with Crippen molar-refractivity contribution in [3.8, 4) is 0 Å². The predicted octanol–water partition coefficient (Wildman–Crippen LogP) is 6.17. The van der Waals surface area contributed by atoms with Gasteiger partial charge >= 0.3 is 6.18 Å². The molecular weight excluding hydrogens is 488 g/mol. The highest BCUT2D eigenvalue weighted by molar-refractivity contribution is 6.23. The van der Waals surface area contributed by atoms with Gasteiger partial charge in [-0.25, -0.2) is 4.39 Å². The fraction of sp³-hybridized carbons (Fsp3) is 0.107. The number of fused-ring (bicyclic) bond motifs is 2. The molecule has 4 aromatic carbocycles. The summed E-state index contributed by atoms with van der Waals surface area (Å²) in [6.45, 7) is 0. The molecule has 0 fully saturated rings. The Bertz CT molecular complexity index is 1500. The van der Waals surface area contributed by atoms with Crippen LogP contribution in [0.25, 0.3) is 10.8 Å². The van der Waals surface area contributed by atoms with E-state index in [0.717, 1.165) is 29.7 Å². The molecule has 9 heteroatoms. The van der Waals surface area contributed by atoms with Crippen molar-refractivity contribution in [3.63, 3.8) is 0 Å². The third-order valence-electron chi connectivity index (χ3n) is 6.22. The van der Waals surface area contributed by atoms with Gasteiger partial charge < -0.3 is 5.32 Å². The van der Waals surface area contributed by atoms with Crippen molar-refractivity contribution in [1.29, 1.82) is 0 Å². The number of alkyl halides is 4. The van der Waals surface area contributed by atoms with Crippen LogP contribution in [0, 0.1) is 0 Å². The smallest absolute Gasteiger partial charge is 0.324 e. The molecule has 0 bridgehead atoms. The van der Waals surface area contributed by atoms with Crippen LogP contribution in [0.5, 0.6) is 0 Å². The van der Waals surface area contributed by atoms with Crippen molar-refractivity contribution in [2.24, 2.45) is 0 Å². The number of anilines is 1. The van der Waals surface area contributed by atoms with Gasteiger partial charge in [0.1, 0.15) is 0 Å². The molecule has 0 unspecified atom stereocenters. The summed E-state index contributed by atoms with van der Waals surface area (Å²) in [6.07, 6.45) is -6.70. The first-order valence-electron chi connectivity index (χ1n) is 11.2. The third-order valence-corrected chi connectivity index (χ3v) is 6.22. The highest BCUT2D eigenvalue weighted by atomic mass is 19.4. The third kappa shape index (κ3) is 4.44. The molecule has 2 atom stereocenters. The zero-order valence-electron chi connectivity index (χ0n) is 19.0. The zero-order chi connectivity index (χ0) is 26.3. The van der Waals surface area contributed by atoms with Crippen molar-refractivity contribution >= 4 is 34.2 Å². The van der Waals surface area contributed by atoms with E-state index in [9.17, 15) is 27.6 Å². The summed E-state index contributed by atoms with van der Waals surface area (Å²) in [5, 5.41) is 3.87. The van der Waals surface area contributed by atoms with E-state index in [0.29, 0.717) is 10.3 Å². The summed E-state index contributed by atoms with van der Waals surface area (Å²) in [5.74, 6) is -2.73. The van der Waals surface area contributed by atoms with Gasteiger partial charge in [0.25, 0.3) is 17.7 Å². The molecule has 0 aromatic heterocycles. The number of carbonyl (C=O) groups excluding carboxylic acids is 3. The number of amides is 3. The number of rotatable bonds is 5. The van der Waals surface area contributed by atoms with Crippen molar-refractivity contribution in [2.45, 2.75) is 18.4 Å². The Hall–Kier alpha value is -4.53. The van der Waals surface area contributed by atoms with Crippen LogP contribution in [-0.4, -0.2) is 28.7 Å². The highest BCUT2D eigenvalue weighted by Crippen LogP contribution is 2.35. The fourth-order valence-corrected chi connectivity index (χ4v) is 4.36. The van der Waals surface area contributed by atoms with Gasteiger partial charge in [-0.1, -0.05) is 48.5 Å². The average Bonchev–Trinajstić information content (AvgIpc) is 3.13. The van der Waals surface area contributed by atoms with E-state index in [2.05, 4.69) is 5.32 Å². The SMILES string of the molecule is O=C(Nc1ccc(C(F)(F)F)cc1)[C@H]([C@@H](F)c1ccc2ccccc2c1)N1C(=O)c2ccccc2C1=O. The van der Waals surface area contributed by atoms with Crippen LogP contribution in [-0.2, 0) is 11.0 Å². The van der Waals surface area contributed by atoms with Gasteiger partial charge in [-0.05, 0) is 58.8 Å². The van der Waals surface area contributed by atoms with Crippen molar-refractivity contribution in [1.82, 2.24) is 4.90 Å². The van der Waals surface area contributed by atoms with E-state index in [1.807, 2.05) is 12.1 Å². The number of nitrogens with zero attached hydrogens (tertiary/aromatic N) is 1. The molecule has 3 amide bonds. The van der Waals surface area contributed by atoms with Gasteiger partial charge in [-0.3, -0.25) is 19.3 Å². The molecule has 0 saturated heterocycles. The minimum atomic E-state index is -4.58. The number of benzene rings is 4. The van der Waals surface area contributed by atoms with Crippen LogP contribution in [0.1, 0.15) is 38.0 Å². The van der Waals surface area contributed by atoms with Gasteiger partial charge in [0.05, 0.1) is 16.7 Å². The Balaban J connectivity index is 1.53. The van der Waals surface area contributed by atoms with Crippen LogP contribution in [0.15, 0.2) is 91.0 Å². The Kier molecular flexibility index (Phi) is 5.99. The summed E-state index contributed by atoms with van der Waals surface area (Å²) in [7, 11) is 0. The van der Waals surface area contributed by atoms with E-state index in [1.165, 1.54) is 24.3 Å². The summed E-state index contributed by atoms with van der Waals surface area (Å²) in [6, 6.07) is 19.3. The molecule has 37 heavy (non-hydrogen) atoms. The minimum absolute atomic E-state index is 0.0329. The van der Waals surface area contributed by atoms with Crippen LogP contribution >= 0.6 is 0 Å². The number of carbonyl (C=O) groups is 3. The van der Waals surface area contributed by atoms with E-state index in [-0.39, 0.29) is 22.4 Å². The standard InChI is InChI=1S/C28H18F4N2O3/c29-23(18-10-9-16-5-1-2-6-17(16)15-18)24(34-26(36)21-7-3-4-8-22(21)27(34)37)25(35)33-20-13-11-19(12-14-20)28(30,31)32/h1-15,23-24H,(H,33,35)/t23-,24-/m0/s1. The van der Waals surface area contributed by atoms with E-state index in [1.54, 1.807) is 30.3 Å². The molecule has 1 N–H and O–H groups in total. The molecule has 0 radical (unpaired) electrons. The molecule has 0 aliphatic carbocycles. The molecule has 4 aromatic rings. The Morgan fingerprint density at radius 3 is 1.92 bits per heavy atom. The zero-order valence-corrected chi connectivity index (χ0v) is 19.0. The fourth-order valence-electron chi connectivity index (χ4n) is 4.36. The van der Waals surface area contributed by atoms with Crippen molar-refractivity contribution in [3.05, 3.63) is 113 Å². The van der Waals surface area contributed by atoms with Crippen LogP contribution < -0.4 is 5.32 Å². The van der Waals surface area contributed by atoms with Gasteiger partial charge in [0, 0.05) is 5.69 Å². The maximum Gasteiger partial charge on any atom is 0.416 e. The number of nitrogens with one attached hydrogen (secondary N) is 1. The normalized spacial score (nSPS) is 15.0. The first-order chi connectivity index (χ1) is 17.6.